The Morgan fingerprint density at radius 1 is 1.15 bits per heavy atom. The summed E-state index contributed by atoms with van der Waals surface area (Å²) in [6, 6.07) is 6.67. The number of benzene rings is 1. The summed E-state index contributed by atoms with van der Waals surface area (Å²) in [6.07, 6.45) is 6.93. The molecule has 2 atom stereocenters. The van der Waals surface area contributed by atoms with E-state index in [9.17, 15) is 19.2 Å². The van der Waals surface area contributed by atoms with Gasteiger partial charge in [0.15, 0.2) is 0 Å². The molecule has 4 amide bonds. The fourth-order valence-electron chi connectivity index (χ4n) is 3.13. The van der Waals surface area contributed by atoms with E-state index in [-0.39, 0.29) is 0 Å². The number of alkyl carbamates (subject to hydrolysis) is 1. The molecule has 9 heteroatoms. The molecule has 4 N–H and O–H groups in total. The number of unbranched alkanes of at least 4 members (excludes halogenated alkanes) is 2. The molecule has 0 saturated heterocycles. The first-order chi connectivity index (χ1) is 15.9. The molecule has 0 aliphatic carbocycles. The van der Waals surface area contributed by atoms with E-state index in [2.05, 4.69) is 16.7 Å². The highest BCUT2D eigenvalue weighted by Gasteiger charge is 2.36. The molecule has 1 rings (SSSR count). The molecule has 0 bridgehead atoms. The van der Waals surface area contributed by atoms with Crippen LogP contribution in [0.1, 0.15) is 70.5 Å². The van der Waals surface area contributed by atoms with Gasteiger partial charge in [-0.05, 0) is 39.7 Å². The molecule has 0 radical (unpaired) electrons. The minimum Gasteiger partial charge on any atom is -0.444 e. The maximum atomic E-state index is 13.4. The lowest BCUT2D eigenvalue weighted by Crippen LogP contribution is -2.52. The van der Waals surface area contributed by atoms with E-state index in [0.29, 0.717) is 12.1 Å². The highest BCUT2D eigenvalue weighted by Crippen LogP contribution is 2.23. The number of primary amides is 1. The number of carbonyl (C=O) groups is 4. The number of nitrogens with one attached hydrogen (secondary N) is 2. The van der Waals surface area contributed by atoms with Crippen molar-refractivity contribution < 1.29 is 23.9 Å². The molecule has 2 unspecified atom stereocenters. The Morgan fingerprint density at radius 2 is 1.76 bits per heavy atom. The molecule has 186 valence electrons. The van der Waals surface area contributed by atoms with Crippen molar-refractivity contribution in [2.24, 2.45) is 5.73 Å². The Balaban J connectivity index is 3.28. The number of hydrogen-bond donors (Lipinski definition) is 3. The van der Waals surface area contributed by atoms with Crippen LogP contribution in [0, 0.1) is 19.4 Å². The summed E-state index contributed by atoms with van der Waals surface area (Å²) in [5.74, 6) is -2.13. The minimum absolute atomic E-state index is 0.419. The maximum absolute atomic E-state index is 13.4. The summed E-state index contributed by atoms with van der Waals surface area (Å²) < 4.78 is 5.19. The smallest absolute Gasteiger partial charge is 0.408 e. The lowest BCUT2D eigenvalue weighted by Gasteiger charge is -2.30. The van der Waals surface area contributed by atoms with Crippen LogP contribution in [0.4, 0.5) is 4.79 Å². The predicted molar refractivity (Wildman–Crippen MR) is 129 cm³/mol. The number of amides is 4. The number of aryl methyl sites for hydroxylation is 1. The summed E-state index contributed by atoms with van der Waals surface area (Å²) in [6.45, 7) is 9.32. The van der Waals surface area contributed by atoms with E-state index in [1.54, 1.807) is 45.0 Å². The second-order valence-corrected chi connectivity index (χ2v) is 9.02. The maximum Gasteiger partial charge on any atom is 0.408 e. The van der Waals surface area contributed by atoms with Crippen molar-refractivity contribution in [2.75, 3.05) is 6.54 Å². The van der Waals surface area contributed by atoms with Gasteiger partial charge in [0.25, 0.3) is 5.91 Å². The van der Waals surface area contributed by atoms with E-state index in [4.69, 9.17) is 16.9 Å². The Hall–Kier alpha value is -3.54. The first kappa shape index (κ1) is 28.5. The Labute approximate surface area is 201 Å². The third kappa shape index (κ3) is 9.53. The molecule has 0 saturated carbocycles. The number of nitrogens with two attached hydrogens (primary N) is 1. The molecule has 0 aromatic heterocycles. The van der Waals surface area contributed by atoms with Crippen molar-refractivity contribution in [1.29, 1.82) is 0 Å². The molecule has 1 aromatic rings. The van der Waals surface area contributed by atoms with Crippen LogP contribution in [-0.4, -0.2) is 46.9 Å². The predicted octanol–water partition coefficient (Wildman–Crippen LogP) is 2.53. The number of nitrogens with zero attached hydrogens (tertiary/aromatic N) is 1. The molecule has 0 spiro atoms. The number of hydrogen-bond acceptors (Lipinski definition) is 5. The molecule has 0 aliphatic rings. The number of rotatable bonds is 11. The van der Waals surface area contributed by atoms with Gasteiger partial charge in [0.05, 0.1) is 6.42 Å². The van der Waals surface area contributed by atoms with Gasteiger partial charge in [0, 0.05) is 12.6 Å². The zero-order valence-corrected chi connectivity index (χ0v) is 20.6. The average Bonchev–Trinajstić information content (AvgIpc) is 2.73. The molecule has 0 fully saturated rings. The second-order valence-electron chi connectivity index (χ2n) is 9.02. The van der Waals surface area contributed by atoms with Crippen LogP contribution in [-0.2, 0) is 19.1 Å². The van der Waals surface area contributed by atoms with Gasteiger partial charge in [0.2, 0.25) is 11.8 Å². The van der Waals surface area contributed by atoms with Crippen molar-refractivity contribution >= 4 is 23.8 Å². The molecule has 0 heterocycles. The fourth-order valence-corrected chi connectivity index (χ4v) is 3.13. The van der Waals surface area contributed by atoms with Crippen LogP contribution >= 0.6 is 0 Å². The Kier molecular flexibility index (Phi) is 11.1. The van der Waals surface area contributed by atoms with Crippen LogP contribution in [0.5, 0.6) is 0 Å². The van der Waals surface area contributed by atoms with Crippen LogP contribution < -0.4 is 16.4 Å². The Morgan fingerprint density at radius 3 is 2.26 bits per heavy atom. The van der Waals surface area contributed by atoms with Crippen molar-refractivity contribution in [3.05, 3.63) is 35.4 Å². The summed E-state index contributed by atoms with van der Waals surface area (Å²) in [5, 5.41) is 5.17. The lowest BCUT2D eigenvalue weighted by atomic mass is 10.0. The van der Waals surface area contributed by atoms with Gasteiger partial charge in [-0.3, -0.25) is 19.3 Å². The van der Waals surface area contributed by atoms with E-state index < -0.39 is 47.9 Å². The minimum atomic E-state index is -1.41. The molecular formula is C25H36N4O5. The van der Waals surface area contributed by atoms with Crippen molar-refractivity contribution in [2.45, 2.75) is 78.0 Å². The van der Waals surface area contributed by atoms with Gasteiger partial charge >= 0.3 is 6.09 Å². The zero-order chi connectivity index (χ0) is 25.9. The van der Waals surface area contributed by atoms with Gasteiger partial charge in [-0.1, -0.05) is 56.0 Å². The van der Waals surface area contributed by atoms with Crippen molar-refractivity contribution in [3.8, 4) is 12.5 Å². The molecule has 0 aliphatic heterocycles. The van der Waals surface area contributed by atoms with Gasteiger partial charge in [-0.2, -0.15) is 0 Å². The number of terminal acetylenes is 1. The second kappa shape index (κ2) is 13.2. The molecule has 34 heavy (non-hydrogen) atoms. The highest BCUT2D eigenvalue weighted by atomic mass is 16.6. The van der Waals surface area contributed by atoms with Crippen LogP contribution in [0.3, 0.4) is 0 Å². The largest absolute Gasteiger partial charge is 0.444 e. The number of ether oxygens (including phenoxy) is 1. The van der Waals surface area contributed by atoms with Gasteiger partial charge in [-0.15, -0.1) is 0 Å². The van der Waals surface area contributed by atoms with Gasteiger partial charge in [0.1, 0.15) is 17.7 Å². The SMILES string of the molecule is C#CN(C(=O)C(CC(N)=O)NC(=O)OC(C)(C)C)C(C(=O)NCCCCC)c1ccc(C)cc1. The highest BCUT2D eigenvalue weighted by molar-refractivity contribution is 5.95. The molecule has 1 aromatic carbocycles. The van der Waals surface area contributed by atoms with E-state index in [0.717, 1.165) is 29.7 Å². The Bertz CT molecular complexity index is 899. The quantitative estimate of drug-likeness (QED) is 0.259. The van der Waals surface area contributed by atoms with E-state index in [1.807, 2.05) is 13.8 Å². The van der Waals surface area contributed by atoms with Crippen LogP contribution in [0.15, 0.2) is 24.3 Å². The summed E-state index contributed by atoms with van der Waals surface area (Å²) in [5.41, 5.74) is 5.91. The van der Waals surface area contributed by atoms with Gasteiger partial charge in [-0.25, -0.2) is 4.79 Å². The standard InChI is InChI=1S/C25H36N4O5/c1-7-9-10-15-27-22(31)21(18-13-11-17(3)12-14-18)29(8-2)23(32)19(16-20(26)30)28-24(33)34-25(4,5)6/h2,11-14,19,21H,7,9-10,15-16H2,1,3-6H3,(H2,26,30)(H,27,31)(H,28,33). The molecular weight excluding hydrogens is 436 g/mol. The topological polar surface area (TPSA) is 131 Å². The van der Waals surface area contributed by atoms with Crippen molar-refractivity contribution in [1.82, 2.24) is 15.5 Å². The third-order valence-electron chi connectivity index (χ3n) is 4.75. The summed E-state index contributed by atoms with van der Waals surface area (Å²) in [4.78, 5) is 51.4. The first-order valence-electron chi connectivity index (χ1n) is 11.3. The molecule has 9 nitrogen and oxygen atoms in total. The van der Waals surface area contributed by atoms with E-state index in [1.165, 1.54) is 0 Å². The summed E-state index contributed by atoms with van der Waals surface area (Å²) in [7, 11) is 0. The zero-order valence-electron chi connectivity index (χ0n) is 20.6. The summed E-state index contributed by atoms with van der Waals surface area (Å²) >= 11 is 0. The van der Waals surface area contributed by atoms with E-state index >= 15 is 0 Å². The first-order valence-corrected chi connectivity index (χ1v) is 11.3. The average molecular weight is 473 g/mol. The van der Waals surface area contributed by atoms with Gasteiger partial charge < -0.3 is 21.1 Å². The number of carbonyl (C=O) groups excluding carboxylic acids is 4. The third-order valence-corrected chi connectivity index (χ3v) is 4.75. The monoisotopic (exact) mass is 472 g/mol. The van der Waals surface area contributed by atoms with Crippen LogP contribution in [0.2, 0.25) is 0 Å². The fraction of sp³-hybridized carbons (Fsp3) is 0.520. The van der Waals surface area contributed by atoms with Crippen LogP contribution in [0.25, 0.3) is 0 Å². The lowest BCUT2D eigenvalue weighted by molar-refractivity contribution is -0.139. The van der Waals surface area contributed by atoms with Crippen molar-refractivity contribution in [3.63, 3.8) is 0 Å². The normalized spacial score (nSPS) is 12.6.